The molecule has 2 heterocycles. The summed E-state index contributed by atoms with van der Waals surface area (Å²) < 4.78 is 23.9. The van der Waals surface area contributed by atoms with Crippen LogP contribution in [0.4, 0.5) is 10.5 Å². The van der Waals surface area contributed by atoms with Gasteiger partial charge in [0.05, 0.1) is 13.1 Å². The molecule has 0 saturated carbocycles. The van der Waals surface area contributed by atoms with Crippen molar-refractivity contribution in [1.29, 1.82) is 0 Å². The molecule has 2 atom stereocenters. The van der Waals surface area contributed by atoms with Crippen LogP contribution >= 0.6 is 0 Å². The minimum atomic E-state index is -0.386. The van der Waals surface area contributed by atoms with E-state index in [1.807, 2.05) is 97.1 Å². The molecule has 9 nitrogen and oxygen atoms in total. The van der Waals surface area contributed by atoms with Gasteiger partial charge >= 0.3 is 6.03 Å². The van der Waals surface area contributed by atoms with Crippen LogP contribution in [-0.2, 0) is 12.8 Å². The van der Waals surface area contributed by atoms with Gasteiger partial charge in [-0.3, -0.25) is 4.79 Å². The smallest absolute Gasteiger partial charge is 0.319 e. The first-order valence-electron chi connectivity index (χ1n) is 15.5. The molecule has 236 valence electrons. The minimum Gasteiger partial charge on any atom is -0.488 e. The first-order valence-corrected chi connectivity index (χ1v) is 15.5. The van der Waals surface area contributed by atoms with Gasteiger partial charge in [-0.1, -0.05) is 42.5 Å². The number of carbonyl (C=O) groups is 2. The summed E-state index contributed by atoms with van der Waals surface area (Å²) in [6.07, 6.45) is 0.906. The molecule has 5 aromatic carbocycles. The molecule has 5 aromatic rings. The van der Waals surface area contributed by atoms with E-state index < -0.39 is 0 Å². The van der Waals surface area contributed by atoms with Crippen LogP contribution in [0.3, 0.4) is 0 Å². The number of hydrogen-bond donors (Lipinski definition) is 3. The molecular weight excluding hydrogens is 594 g/mol. The van der Waals surface area contributed by atoms with Crippen molar-refractivity contribution in [2.45, 2.75) is 25.0 Å². The van der Waals surface area contributed by atoms with Crippen LogP contribution < -0.4 is 34.9 Å². The zero-order valence-corrected chi connectivity index (χ0v) is 25.5. The Morgan fingerprint density at radius 2 is 1.15 bits per heavy atom. The number of benzene rings is 5. The summed E-state index contributed by atoms with van der Waals surface area (Å²) in [5.41, 5.74) is 2.99. The lowest BCUT2D eigenvalue weighted by Crippen LogP contribution is -2.37. The van der Waals surface area contributed by atoms with Gasteiger partial charge in [-0.25, -0.2) is 4.79 Å². The third kappa shape index (κ3) is 7.48. The fraction of sp³-hybridized carbons (Fsp3) is 0.158. The zero-order chi connectivity index (χ0) is 32.0. The summed E-state index contributed by atoms with van der Waals surface area (Å²) >= 11 is 0. The van der Waals surface area contributed by atoms with E-state index in [-0.39, 0.29) is 24.1 Å². The number of fused-ring (bicyclic) bond motifs is 2. The van der Waals surface area contributed by atoms with Crippen LogP contribution in [0.15, 0.2) is 121 Å². The molecule has 0 saturated heterocycles. The van der Waals surface area contributed by atoms with Crippen molar-refractivity contribution in [2.75, 3.05) is 18.4 Å². The number of urea groups is 1. The maximum atomic E-state index is 13.0. The maximum absolute atomic E-state index is 13.0. The molecule has 7 rings (SSSR count). The van der Waals surface area contributed by atoms with Crippen molar-refractivity contribution < 1.29 is 28.5 Å². The van der Waals surface area contributed by atoms with Gasteiger partial charge in [-0.2, -0.15) is 0 Å². The van der Waals surface area contributed by atoms with Crippen LogP contribution in [0.5, 0.6) is 34.5 Å². The Hall–Kier alpha value is -5.96. The molecule has 0 bridgehead atoms. The summed E-state index contributed by atoms with van der Waals surface area (Å²) in [4.78, 5) is 25.7. The van der Waals surface area contributed by atoms with Gasteiger partial charge in [0.2, 0.25) is 0 Å². The fourth-order valence-corrected chi connectivity index (χ4v) is 5.63. The minimum absolute atomic E-state index is 0.195. The number of para-hydroxylation sites is 2. The average Bonchev–Trinajstić information content (AvgIpc) is 3.70. The standard InChI is InChI=1S/C38H33N3O6/c42-37(39-23-33-21-26-19-31(14-16-35(26)46-33)44-29-10-3-1-4-11-29)25-8-7-9-28(18-25)41-38(43)40-24-34-22-27-20-32(15-17-36(27)47-34)45-30-12-5-2-6-13-30/h1-20,33-34H,21-24H2,(H,39,42)(H2,40,41,43). The second-order valence-electron chi connectivity index (χ2n) is 11.4. The van der Waals surface area contributed by atoms with Crippen LogP contribution in [-0.4, -0.2) is 37.2 Å². The Morgan fingerprint density at radius 3 is 1.72 bits per heavy atom. The molecule has 0 fully saturated rings. The SMILES string of the molecule is O=C(NCC1Cc2cc(Oc3ccccc3)ccc2O1)Nc1cccc(C(=O)NCC2Cc3cc(Oc4ccccc4)ccc3O2)c1. The van der Waals surface area contributed by atoms with Crippen molar-refractivity contribution in [2.24, 2.45) is 0 Å². The lowest BCUT2D eigenvalue weighted by molar-refractivity contribution is 0.0933. The topological polar surface area (TPSA) is 107 Å². The summed E-state index contributed by atoms with van der Waals surface area (Å²) in [6.45, 7) is 0.656. The van der Waals surface area contributed by atoms with Gasteiger partial charge in [0, 0.05) is 35.2 Å². The maximum Gasteiger partial charge on any atom is 0.319 e. The highest BCUT2D eigenvalue weighted by Gasteiger charge is 2.25. The Kier molecular flexibility index (Phi) is 8.59. The largest absolute Gasteiger partial charge is 0.488 e. The van der Waals surface area contributed by atoms with E-state index in [9.17, 15) is 9.59 Å². The number of anilines is 1. The van der Waals surface area contributed by atoms with Gasteiger partial charge < -0.3 is 34.9 Å². The molecule has 0 aromatic heterocycles. The molecule has 3 amide bonds. The quantitative estimate of drug-likeness (QED) is 0.152. The Labute approximate surface area is 272 Å². The molecule has 2 aliphatic rings. The fourth-order valence-electron chi connectivity index (χ4n) is 5.63. The average molecular weight is 628 g/mol. The Balaban J connectivity index is 0.858. The summed E-state index contributed by atoms with van der Waals surface area (Å²) in [5.74, 6) is 4.32. The molecule has 9 heteroatoms. The van der Waals surface area contributed by atoms with Gasteiger partial charge in [0.15, 0.2) is 0 Å². The summed E-state index contributed by atoms with van der Waals surface area (Å²) in [7, 11) is 0. The van der Waals surface area contributed by atoms with Crippen LogP contribution in [0, 0.1) is 0 Å². The normalized spacial score (nSPS) is 15.7. The van der Waals surface area contributed by atoms with Crippen molar-refractivity contribution in [3.63, 3.8) is 0 Å². The lowest BCUT2D eigenvalue weighted by Gasteiger charge is -2.14. The van der Waals surface area contributed by atoms with E-state index in [1.54, 1.807) is 24.3 Å². The third-order valence-electron chi connectivity index (χ3n) is 7.87. The first-order chi connectivity index (χ1) is 23.0. The van der Waals surface area contributed by atoms with E-state index in [0.29, 0.717) is 37.2 Å². The van der Waals surface area contributed by atoms with Gasteiger partial charge in [0.25, 0.3) is 5.91 Å². The number of nitrogens with one attached hydrogen (secondary N) is 3. The van der Waals surface area contributed by atoms with Gasteiger partial charge in [0.1, 0.15) is 46.7 Å². The van der Waals surface area contributed by atoms with E-state index in [1.165, 1.54) is 0 Å². The zero-order valence-electron chi connectivity index (χ0n) is 25.5. The number of carbonyl (C=O) groups excluding carboxylic acids is 2. The van der Waals surface area contributed by atoms with E-state index in [2.05, 4.69) is 16.0 Å². The van der Waals surface area contributed by atoms with E-state index >= 15 is 0 Å². The lowest BCUT2D eigenvalue weighted by atomic mass is 10.1. The molecular formula is C38H33N3O6. The number of rotatable bonds is 10. The number of ether oxygens (including phenoxy) is 4. The van der Waals surface area contributed by atoms with Gasteiger partial charge in [-0.15, -0.1) is 0 Å². The van der Waals surface area contributed by atoms with E-state index in [0.717, 1.165) is 45.6 Å². The highest BCUT2D eigenvalue weighted by atomic mass is 16.5. The van der Waals surface area contributed by atoms with Crippen LogP contribution in [0.25, 0.3) is 0 Å². The van der Waals surface area contributed by atoms with Crippen LogP contribution in [0.1, 0.15) is 21.5 Å². The van der Waals surface area contributed by atoms with Gasteiger partial charge in [-0.05, 0) is 78.9 Å². The van der Waals surface area contributed by atoms with Crippen LogP contribution in [0.2, 0.25) is 0 Å². The summed E-state index contributed by atoms with van der Waals surface area (Å²) in [6, 6.07) is 37.1. The monoisotopic (exact) mass is 627 g/mol. The number of hydrogen-bond acceptors (Lipinski definition) is 6. The molecule has 2 unspecified atom stereocenters. The molecule has 0 aliphatic carbocycles. The Bertz CT molecular complexity index is 1880. The molecule has 47 heavy (non-hydrogen) atoms. The second-order valence-corrected chi connectivity index (χ2v) is 11.4. The molecule has 3 N–H and O–H groups in total. The van der Waals surface area contributed by atoms with E-state index in [4.69, 9.17) is 18.9 Å². The predicted octanol–water partition coefficient (Wildman–Crippen LogP) is 7.13. The van der Waals surface area contributed by atoms with Crippen molar-refractivity contribution >= 4 is 17.6 Å². The second kappa shape index (κ2) is 13.6. The molecule has 0 spiro atoms. The highest BCUT2D eigenvalue weighted by Crippen LogP contribution is 2.35. The molecule has 2 aliphatic heterocycles. The Morgan fingerprint density at radius 1 is 0.596 bits per heavy atom. The number of amides is 3. The highest BCUT2D eigenvalue weighted by molar-refractivity contribution is 5.96. The van der Waals surface area contributed by atoms with Crippen molar-refractivity contribution in [3.05, 3.63) is 138 Å². The van der Waals surface area contributed by atoms with Crippen molar-refractivity contribution in [3.8, 4) is 34.5 Å². The predicted molar refractivity (Wildman–Crippen MR) is 178 cm³/mol. The first kappa shape index (κ1) is 29.7. The summed E-state index contributed by atoms with van der Waals surface area (Å²) in [5, 5.41) is 8.63. The third-order valence-corrected chi connectivity index (χ3v) is 7.87. The van der Waals surface area contributed by atoms with Crippen molar-refractivity contribution in [1.82, 2.24) is 10.6 Å². The molecule has 0 radical (unpaired) electrons.